The van der Waals surface area contributed by atoms with E-state index in [0.29, 0.717) is 24.5 Å². The molecule has 1 atom stereocenters. The van der Waals surface area contributed by atoms with E-state index >= 15 is 0 Å². The SMILES string of the molecule is N=[S@]1(=O)C[C@@H](CNc2nonc2/C(=N/O)N[C@H]2Cc3ccc(F)cc32)C1. The van der Waals surface area contributed by atoms with Gasteiger partial charge in [-0.25, -0.2) is 13.2 Å². The number of oxime groups is 1. The normalized spacial score (nSPS) is 27.2. The summed E-state index contributed by atoms with van der Waals surface area (Å²) in [6, 6.07) is 4.39. The number of anilines is 1. The van der Waals surface area contributed by atoms with Crippen molar-refractivity contribution in [2.45, 2.75) is 12.5 Å². The Kier molecular flexibility index (Phi) is 4.02. The van der Waals surface area contributed by atoms with Crippen LogP contribution >= 0.6 is 0 Å². The lowest BCUT2D eigenvalue weighted by atomic mass is 9.83. The van der Waals surface area contributed by atoms with Crippen LogP contribution in [0.4, 0.5) is 10.2 Å². The van der Waals surface area contributed by atoms with Crippen LogP contribution in [0.1, 0.15) is 22.9 Å². The Morgan fingerprint density at radius 2 is 2.27 bits per heavy atom. The molecule has 0 radical (unpaired) electrons. The second kappa shape index (κ2) is 6.24. The maximum atomic E-state index is 13.4. The van der Waals surface area contributed by atoms with Crippen molar-refractivity contribution in [3.05, 3.63) is 40.8 Å². The molecule has 4 N–H and O–H groups in total. The molecule has 1 fully saturated rings. The Bertz CT molecular complexity index is 962. The van der Waals surface area contributed by atoms with Crippen LogP contribution in [-0.4, -0.2) is 43.6 Å². The zero-order valence-electron chi connectivity index (χ0n) is 13.6. The molecule has 4 rings (SSSR count). The Morgan fingerprint density at radius 1 is 1.46 bits per heavy atom. The summed E-state index contributed by atoms with van der Waals surface area (Å²) in [6.45, 7) is 0.466. The molecular weight excluding hydrogens is 363 g/mol. The highest BCUT2D eigenvalue weighted by atomic mass is 32.2. The number of amidine groups is 1. The molecule has 9 nitrogen and oxygen atoms in total. The number of nitrogens with zero attached hydrogens (tertiary/aromatic N) is 3. The maximum Gasteiger partial charge on any atom is 0.202 e. The van der Waals surface area contributed by atoms with Crippen LogP contribution < -0.4 is 10.6 Å². The van der Waals surface area contributed by atoms with E-state index in [4.69, 9.17) is 9.41 Å². The van der Waals surface area contributed by atoms with E-state index in [0.717, 1.165) is 11.1 Å². The van der Waals surface area contributed by atoms with Gasteiger partial charge >= 0.3 is 0 Å². The Balaban J connectivity index is 1.43. The zero-order valence-corrected chi connectivity index (χ0v) is 14.4. The molecule has 0 spiro atoms. The molecule has 1 aliphatic heterocycles. The van der Waals surface area contributed by atoms with Gasteiger partial charge in [-0.05, 0) is 40.0 Å². The predicted molar refractivity (Wildman–Crippen MR) is 91.2 cm³/mol. The average Bonchev–Trinajstić information content (AvgIpc) is 3.02. The maximum absolute atomic E-state index is 13.4. The monoisotopic (exact) mass is 380 g/mol. The predicted octanol–water partition coefficient (Wildman–Crippen LogP) is 1.32. The molecule has 0 unspecified atom stereocenters. The van der Waals surface area contributed by atoms with Crippen molar-refractivity contribution in [1.29, 1.82) is 4.78 Å². The number of rotatable bonds is 5. The largest absolute Gasteiger partial charge is 0.409 e. The average molecular weight is 380 g/mol. The fourth-order valence-corrected chi connectivity index (χ4v) is 4.91. The molecule has 2 aliphatic rings. The van der Waals surface area contributed by atoms with Crippen molar-refractivity contribution in [3.8, 4) is 0 Å². The summed E-state index contributed by atoms with van der Waals surface area (Å²) >= 11 is 0. The topological polar surface area (TPSA) is 136 Å². The van der Waals surface area contributed by atoms with Gasteiger partial charge in [-0.1, -0.05) is 11.2 Å². The van der Waals surface area contributed by atoms with Crippen molar-refractivity contribution in [2.24, 2.45) is 11.1 Å². The number of nitrogens with one attached hydrogen (secondary N) is 3. The molecule has 11 heteroatoms. The van der Waals surface area contributed by atoms with Crippen molar-refractivity contribution in [2.75, 3.05) is 23.4 Å². The van der Waals surface area contributed by atoms with Gasteiger partial charge in [-0.15, -0.1) is 0 Å². The number of benzene rings is 1. The number of aromatic nitrogens is 2. The van der Waals surface area contributed by atoms with E-state index in [2.05, 4.69) is 26.1 Å². The smallest absolute Gasteiger partial charge is 0.202 e. The fraction of sp³-hybridized carbons (Fsp3) is 0.400. The number of fused-ring (bicyclic) bond motifs is 1. The highest BCUT2D eigenvalue weighted by molar-refractivity contribution is 7.93. The van der Waals surface area contributed by atoms with E-state index in [-0.39, 0.29) is 35.1 Å². The molecule has 26 heavy (non-hydrogen) atoms. The van der Waals surface area contributed by atoms with Gasteiger partial charge in [0.15, 0.2) is 11.5 Å². The number of halogens is 1. The molecule has 1 aromatic carbocycles. The third-order valence-corrected chi connectivity index (χ3v) is 6.62. The van der Waals surface area contributed by atoms with Crippen molar-refractivity contribution in [3.63, 3.8) is 0 Å². The van der Waals surface area contributed by atoms with Crippen LogP contribution in [0.3, 0.4) is 0 Å². The highest BCUT2D eigenvalue weighted by Gasteiger charge is 2.32. The summed E-state index contributed by atoms with van der Waals surface area (Å²) in [7, 11) is -2.40. The van der Waals surface area contributed by atoms with Crippen molar-refractivity contribution in [1.82, 2.24) is 15.6 Å². The van der Waals surface area contributed by atoms with Crippen molar-refractivity contribution < 1.29 is 18.4 Å². The van der Waals surface area contributed by atoms with Crippen molar-refractivity contribution >= 4 is 21.4 Å². The van der Waals surface area contributed by atoms with E-state index in [1.165, 1.54) is 12.1 Å². The molecule has 0 bridgehead atoms. The number of hydrogen-bond acceptors (Lipinski definition) is 8. The number of hydrogen-bond donors (Lipinski definition) is 4. The minimum absolute atomic E-state index is 0.0616. The van der Waals surface area contributed by atoms with Gasteiger partial charge in [0.05, 0.1) is 6.04 Å². The molecule has 1 saturated heterocycles. The molecule has 138 valence electrons. The van der Waals surface area contributed by atoms with Gasteiger partial charge < -0.3 is 15.8 Å². The van der Waals surface area contributed by atoms with Crippen LogP contribution in [0.2, 0.25) is 0 Å². The molecule has 2 aromatic rings. The van der Waals surface area contributed by atoms with Crippen LogP contribution in [0.25, 0.3) is 0 Å². The van der Waals surface area contributed by atoms with Gasteiger partial charge in [-0.2, -0.15) is 0 Å². The molecule has 0 saturated carbocycles. The third-order valence-electron chi connectivity index (χ3n) is 4.60. The first-order chi connectivity index (χ1) is 12.4. The van der Waals surface area contributed by atoms with Gasteiger partial charge in [-0.3, -0.25) is 4.78 Å². The van der Waals surface area contributed by atoms with Gasteiger partial charge in [0.2, 0.25) is 5.82 Å². The first-order valence-electron chi connectivity index (χ1n) is 8.03. The molecule has 0 amide bonds. The summed E-state index contributed by atoms with van der Waals surface area (Å²) in [5.74, 6) is 0.844. The van der Waals surface area contributed by atoms with Crippen LogP contribution in [0.15, 0.2) is 28.0 Å². The van der Waals surface area contributed by atoms with Crippen LogP contribution in [-0.2, 0) is 16.1 Å². The minimum Gasteiger partial charge on any atom is -0.409 e. The lowest BCUT2D eigenvalue weighted by molar-refractivity contribution is 0.303. The summed E-state index contributed by atoms with van der Waals surface area (Å²) in [4.78, 5) is 0. The standard InChI is InChI=1S/C15H17FN6O3S/c16-10-2-1-9-3-12(11(9)4-10)19-15(20-23)13-14(22-25-21-13)18-5-8-6-26(17,24)7-8/h1-2,4,8,12,17,23H,3,5-7H2,(H,18,22)(H,19,20)/t8-,12-,26+/m0/s1. The quantitative estimate of drug-likeness (QED) is 0.266. The molecular formula is C15H17FN6O3S. The van der Waals surface area contributed by atoms with Gasteiger partial charge in [0.25, 0.3) is 0 Å². The molecule has 1 aromatic heterocycles. The second-order valence-electron chi connectivity index (χ2n) is 6.55. The van der Waals surface area contributed by atoms with Gasteiger partial charge in [0, 0.05) is 33.7 Å². The summed E-state index contributed by atoms with van der Waals surface area (Å²) in [5.41, 5.74) is 2.03. The summed E-state index contributed by atoms with van der Waals surface area (Å²) in [5, 5.41) is 26.1. The van der Waals surface area contributed by atoms with E-state index in [9.17, 15) is 13.8 Å². The molecule has 1 aliphatic carbocycles. The van der Waals surface area contributed by atoms with Crippen LogP contribution in [0, 0.1) is 16.5 Å². The first-order valence-corrected chi connectivity index (χ1v) is 9.92. The summed E-state index contributed by atoms with van der Waals surface area (Å²) < 4.78 is 37.0. The molecule has 2 heterocycles. The third kappa shape index (κ3) is 3.09. The zero-order chi connectivity index (χ0) is 18.3. The second-order valence-corrected chi connectivity index (χ2v) is 8.84. The minimum atomic E-state index is -2.40. The van der Waals surface area contributed by atoms with Gasteiger partial charge in [0.1, 0.15) is 5.82 Å². The van der Waals surface area contributed by atoms with E-state index in [1.54, 1.807) is 6.07 Å². The summed E-state index contributed by atoms with van der Waals surface area (Å²) in [6.07, 6.45) is 0.669. The highest BCUT2D eigenvalue weighted by Crippen LogP contribution is 2.33. The van der Waals surface area contributed by atoms with Crippen LogP contribution in [0.5, 0.6) is 0 Å². The lowest BCUT2D eigenvalue weighted by Gasteiger charge is -2.31. The first kappa shape index (κ1) is 16.8. The fourth-order valence-electron chi connectivity index (χ4n) is 3.24. The Hall–Kier alpha value is -2.69. The Labute approximate surface area is 148 Å². The van der Waals surface area contributed by atoms with E-state index in [1.807, 2.05) is 0 Å². The lowest BCUT2D eigenvalue weighted by Crippen LogP contribution is -2.40. The Morgan fingerprint density at radius 3 is 3.00 bits per heavy atom. The van der Waals surface area contributed by atoms with E-state index < -0.39 is 9.73 Å².